The molecule has 1 fully saturated rings. The lowest BCUT2D eigenvalue weighted by atomic mass is 10.1. The van der Waals surface area contributed by atoms with Gasteiger partial charge in [-0.25, -0.2) is 9.97 Å². The van der Waals surface area contributed by atoms with Crippen LogP contribution in [0.5, 0.6) is 0 Å². The zero-order chi connectivity index (χ0) is 12.8. The Morgan fingerprint density at radius 2 is 1.89 bits per heavy atom. The van der Waals surface area contributed by atoms with Gasteiger partial charge in [0, 0.05) is 6.04 Å². The molecule has 6 heteroatoms. The average molecular weight is 329 g/mol. The first-order chi connectivity index (χ1) is 8.74. The minimum atomic E-state index is 0.496. The highest BCUT2D eigenvalue weighted by atomic mass is 79.9. The molecule has 0 saturated heterocycles. The van der Waals surface area contributed by atoms with Crippen molar-refractivity contribution in [3.8, 4) is 0 Å². The first-order valence-electron chi connectivity index (χ1n) is 6.29. The Labute approximate surface area is 121 Å². The lowest BCUT2D eigenvalue weighted by Crippen LogP contribution is -2.37. The normalized spacial score (nSPS) is 16.9. The topological polar surface area (TPSA) is 49.8 Å². The van der Waals surface area contributed by atoms with E-state index in [1.165, 1.54) is 38.5 Å². The van der Waals surface area contributed by atoms with E-state index in [0.29, 0.717) is 17.0 Å². The Morgan fingerprint density at radius 1 is 1.17 bits per heavy atom. The maximum absolute atomic E-state index is 5.29. The molecule has 1 saturated carbocycles. The lowest BCUT2D eigenvalue weighted by molar-refractivity contribution is 0.535. The molecule has 0 atom stereocenters. The maximum Gasteiger partial charge on any atom is 0.172 e. The second-order valence-corrected chi connectivity index (χ2v) is 5.73. The van der Waals surface area contributed by atoms with Crippen molar-refractivity contribution < 1.29 is 0 Å². The van der Waals surface area contributed by atoms with Crippen molar-refractivity contribution in [3.63, 3.8) is 0 Å². The van der Waals surface area contributed by atoms with E-state index in [1.807, 2.05) is 0 Å². The van der Waals surface area contributed by atoms with Gasteiger partial charge in [-0.1, -0.05) is 25.7 Å². The molecule has 1 aromatic rings. The number of thiocarbonyl (C=S) groups is 1. The third-order valence-electron chi connectivity index (χ3n) is 3.05. The summed E-state index contributed by atoms with van der Waals surface area (Å²) in [6.07, 6.45) is 11.0. The van der Waals surface area contributed by atoms with E-state index in [4.69, 9.17) is 12.2 Å². The van der Waals surface area contributed by atoms with Crippen LogP contribution in [-0.4, -0.2) is 21.1 Å². The van der Waals surface area contributed by atoms with Crippen LogP contribution >= 0.6 is 28.1 Å². The van der Waals surface area contributed by atoms with Crippen LogP contribution in [0.15, 0.2) is 17.0 Å². The van der Waals surface area contributed by atoms with Crippen LogP contribution in [0.1, 0.15) is 38.5 Å². The van der Waals surface area contributed by atoms with Crippen molar-refractivity contribution >= 4 is 39.1 Å². The van der Waals surface area contributed by atoms with E-state index in [1.54, 1.807) is 12.4 Å². The molecule has 2 rings (SSSR count). The maximum atomic E-state index is 5.29. The Kier molecular flexibility index (Phi) is 5.31. The summed E-state index contributed by atoms with van der Waals surface area (Å²) in [5.74, 6) is 0.671. The molecule has 1 aromatic heterocycles. The SMILES string of the molecule is S=C(Nc1cnc(Br)cn1)NC1CCCCCC1. The van der Waals surface area contributed by atoms with E-state index in [-0.39, 0.29) is 0 Å². The smallest absolute Gasteiger partial charge is 0.172 e. The lowest BCUT2D eigenvalue weighted by Gasteiger charge is -2.18. The second-order valence-electron chi connectivity index (χ2n) is 4.51. The molecule has 0 unspecified atom stereocenters. The van der Waals surface area contributed by atoms with Gasteiger partial charge < -0.3 is 10.6 Å². The van der Waals surface area contributed by atoms with Crippen LogP contribution in [0.4, 0.5) is 5.82 Å². The van der Waals surface area contributed by atoms with Gasteiger partial charge in [-0.2, -0.15) is 0 Å². The average Bonchev–Trinajstić information content (AvgIpc) is 2.61. The molecule has 1 aliphatic carbocycles. The monoisotopic (exact) mass is 328 g/mol. The Morgan fingerprint density at radius 3 is 2.50 bits per heavy atom. The van der Waals surface area contributed by atoms with Crippen molar-refractivity contribution in [1.29, 1.82) is 0 Å². The summed E-state index contributed by atoms with van der Waals surface area (Å²) >= 11 is 8.54. The number of rotatable bonds is 2. The largest absolute Gasteiger partial charge is 0.360 e. The van der Waals surface area contributed by atoms with Gasteiger partial charge in [-0.05, 0) is 41.0 Å². The van der Waals surface area contributed by atoms with Gasteiger partial charge in [-0.3, -0.25) is 0 Å². The van der Waals surface area contributed by atoms with Gasteiger partial charge in [0.25, 0.3) is 0 Å². The van der Waals surface area contributed by atoms with E-state index in [9.17, 15) is 0 Å². The van der Waals surface area contributed by atoms with Crippen LogP contribution in [0.25, 0.3) is 0 Å². The number of hydrogen-bond acceptors (Lipinski definition) is 3. The molecule has 0 amide bonds. The van der Waals surface area contributed by atoms with Crippen LogP contribution in [0, 0.1) is 0 Å². The molecule has 0 aliphatic heterocycles. The molecule has 98 valence electrons. The van der Waals surface area contributed by atoms with Gasteiger partial charge in [-0.15, -0.1) is 0 Å². The summed E-state index contributed by atoms with van der Waals surface area (Å²) in [6, 6.07) is 0.496. The number of aromatic nitrogens is 2. The van der Waals surface area contributed by atoms with Crippen LogP contribution < -0.4 is 10.6 Å². The fourth-order valence-electron chi connectivity index (χ4n) is 2.14. The van der Waals surface area contributed by atoms with Crippen molar-refractivity contribution in [2.75, 3.05) is 5.32 Å². The van der Waals surface area contributed by atoms with Gasteiger partial charge in [0.2, 0.25) is 0 Å². The highest BCUT2D eigenvalue weighted by Crippen LogP contribution is 2.17. The predicted molar refractivity (Wildman–Crippen MR) is 80.6 cm³/mol. The highest BCUT2D eigenvalue weighted by Gasteiger charge is 2.13. The molecule has 18 heavy (non-hydrogen) atoms. The van der Waals surface area contributed by atoms with Crippen molar-refractivity contribution in [2.24, 2.45) is 0 Å². The number of anilines is 1. The first kappa shape index (κ1) is 13.7. The fourth-order valence-corrected chi connectivity index (χ4v) is 2.61. The minimum absolute atomic E-state index is 0.496. The third kappa shape index (κ3) is 4.49. The van der Waals surface area contributed by atoms with E-state index in [0.717, 1.165) is 4.60 Å². The molecule has 4 nitrogen and oxygen atoms in total. The number of nitrogens with one attached hydrogen (secondary N) is 2. The van der Waals surface area contributed by atoms with Crippen molar-refractivity contribution in [3.05, 3.63) is 17.0 Å². The molecule has 0 spiro atoms. The number of nitrogens with zero attached hydrogens (tertiary/aromatic N) is 2. The van der Waals surface area contributed by atoms with E-state index >= 15 is 0 Å². The predicted octanol–water partition coefficient (Wildman–Crippen LogP) is 3.25. The minimum Gasteiger partial charge on any atom is -0.360 e. The highest BCUT2D eigenvalue weighted by molar-refractivity contribution is 9.10. The van der Waals surface area contributed by atoms with Crippen molar-refractivity contribution in [2.45, 2.75) is 44.6 Å². The Bertz CT molecular complexity index is 388. The molecular formula is C12H17BrN4S. The first-order valence-corrected chi connectivity index (χ1v) is 7.49. The number of halogens is 1. The zero-order valence-corrected chi connectivity index (χ0v) is 12.6. The fraction of sp³-hybridized carbons (Fsp3) is 0.583. The quantitative estimate of drug-likeness (QED) is 0.644. The van der Waals surface area contributed by atoms with E-state index < -0.39 is 0 Å². The molecule has 0 bridgehead atoms. The molecule has 0 radical (unpaired) electrons. The van der Waals surface area contributed by atoms with Gasteiger partial charge in [0.05, 0.1) is 12.4 Å². The van der Waals surface area contributed by atoms with Gasteiger partial charge >= 0.3 is 0 Å². The molecule has 2 N–H and O–H groups in total. The third-order valence-corrected chi connectivity index (χ3v) is 3.68. The molecular weight excluding hydrogens is 312 g/mol. The van der Waals surface area contributed by atoms with Crippen LogP contribution in [0.3, 0.4) is 0 Å². The number of hydrogen-bond donors (Lipinski definition) is 2. The second kappa shape index (κ2) is 6.99. The summed E-state index contributed by atoms with van der Waals surface area (Å²) in [7, 11) is 0. The van der Waals surface area contributed by atoms with Gasteiger partial charge in [0.1, 0.15) is 4.60 Å². The summed E-state index contributed by atoms with van der Waals surface area (Å²) in [4.78, 5) is 8.28. The summed E-state index contributed by atoms with van der Waals surface area (Å²) < 4.78 is 0.718. The van der Waals surface area contributed by atoms with Crippen molar-refractivity contribution in [1.82, 2.24) is 15.3 Å². The van der Waals surface area contributed by atoms with Gasteiger partial charge in [0.15, 0.2) is 10.9 Å². The summed E-state index contributed by atoms with van der Waals surface area (Å²) in [5, 5.41) is 7.06. The zero-order valence-electron chi connectivity index (χ0n) is 10.2. The summed E-state index contributed by atoms with van der Waals surface area (Å²) in [5.41, 5.74) is 0. The molecule has 1 aliphatic rings. The Hall–Kier alpha value is -0.750. The summed E-state index contributed by atoms with van der Waals surface area (Å²) in [6.45, 7) is 0. The molecule has 0 aromatic carbocycles. The van der Waals surface area contributed by atoms with Crippen LogP contribution in [-0.2, 0) is 0 Å². The molecule has 1 heterocycles. The Balaban J connectivity index is 1.82. The standard InChI is InChI=1S/C12H17BrN4S/c13-10-7-15-11(8-14-10)17-12(18)16-9-5-3-1-2-4-6-9/h7-9H,1-6H2,(H2,15,16,17,18). The van der Waals surface area contributed by atoms with Crippen LogP contribution in [0.2, 0.25) is 0 Å². The van der Waals surface area contributed by atoms with E-state index in [2.05, 4.69) is 36.5 Å².